The highest BCUT2D eigenvalue weighted by atomic mass is 16.6. The monoisotopic (exact) mass is 173 g/mol. The topological polar surface area (TPSA) is 49.5 Å². The third-order valence-electron chi connectivity index (χ3n) is 1.72. The summed E-state index contributed by atoms with van der Waals surface area (Å²) in [4.78, 5) is 12.7. The van der Waals surface area contributed by atoms with Gasteiger partial charge in [-0.15, -0.1) is 0 Å². The molecule has 12 heavy (non-hydrogen) atoms. The average Bonchev–Trinajstić information content (AvgIpc) is 2.66. The quantitative estimate of drug-likeness (QED) is 0.479. The molecule has 0 radical (unpaired) electrons. The van der Waals surface area contributed by atoms with E-state index in [1.54, 1.807) is 13.8 Å². The number of ether oxygens (including phenoxy) is 1. The minimum Gasteiger partial charge on any atom is -0.445 e. The van der Waals surface area contributed by atoms with E-state index in [4.69, 9.17) is 9.84 Å². The molecular weight excluding hydrogens is 158 g/mol. The Morgan fingerprint density at radius 3 is 3.00 bits per heavy atom. The summed E-state index contributed by atoms with van der Waals surface area (Å²) in [5.74, 6) is -0.173. The summed E-state index contributed by atoms with van der Waals surface area (Å²) in [5.41, 5.74) is 0. The largest absolute Gasteiger partial charge is 0.445 e. The van der Waals surface area contributed by atoms with Crippen molar-refractivity contribution in [3.05, 3.63) is 0 Å². The normalized spacial score (nSPS) is 29.6. The van der Waals surface area contributed by atoms with Crippen molar-refractivity contribution in [2.75, 3.05) is 13.1 Å². The van der Waals surface area contributed by atoms with E-state index < -0.39 is 0 Å². The van der Waals surface area contributed by atoms with Crippen molar-refractivity contribution in [3.8, 4) is 0 Å². The van der Waals surface area contributed by atoms with Crippen molar-refractivity contribution >= 4 is 5.97 Å². The molecule has 1 N–H and O–H groups in total. The number of aliphatic hydroxyl groups excluding tert-OH is 1. The number of β-amino-alcohol motifs (C(OH)–C–C–N with tert-alkyl or cyclic N) is 1. The third kappa shape index (κ3) is 2.79. The number of aliphatic hydroxyl groups is 1. The molecule has 0 aromatic heterocycles. The van der Waals surface area contributed by atoms with Crippen LogP contribution in [0.25, 0.3) is 0 Å². The van der Waals surface area contributed by atoms with Crippen LogP contribution in [0.4, 0.5) is 0 Å². The molecule has 1 aliphatic rings. The van der Waals surface area contributed by atoms with Gasteiger partial charge in [0, 0.05) is 13.0 Å². The minimum absolute atomic E-state index is 0.0768. The third-order valence-corrected chi connectivity index (χ3v) is 1.72. The lowest BCUT2D eigenvalue weighted by atomic mass is 10.4. The zero-order valence-corrected chi connectivity index (χ0v) is 7.49. The van der Waals surface area contributed by atoms with Gasteiger partial charge in [-0.25, -0.2) is 0 Å². The molecule has 4 nitrogen and oxygen atoms in total. The summed E-state index contributed by atoms with van der Waals surface area (Å²) in [6.07, 6.45) is -0.0127. The molecule has 1 fully saturated rings. The van der Waals surface area contributed by atoms with Crippen molar-refractivity contribution in [2.24, 2.45) is 0 Å². The zero-order valence-electron chi connectivity index (χ0n) is 7.49. The van der Waals surface area contributed by atoms with Gasteiger partial charge in [0.15, 0.2) is 6.23 Å². The molecule has 1 rings (SSSR count). The summed E-state index contributed by atoms with van der Waals surface area (Å²) >= 11 is 0. The predicted molar refractivity (Wildman–Crippen MR) is 43.4 cm³/mol. The van der Waals surface area contributed by atoms with E-state index in [0.29, 0.717) is 13.0 Å². The van der Waals surface area contributed by atoms with Crippen molar-refractivity contribution < 1.29 is 14.6 Å². The Hall–Kier alpha value is -0.610. The Balaban J connectivity index is 2.12. The molecular formula is C8H15NO3. The average molecular weight is 173 g/mol. The molecule has 3 unspecified atom stereocenters. The maximum atomic E-state index is 10.8. The molecule has 0 aliphatic carbocycles. The highest BCUT2D eigenvalue weighted by molar-refractivity contribution is 5.69. The Kier molecular flexibility index (Phi) is 3.05. The summed E-state index contributed by atoms with van der Waals surface area (Å²) < 4.78 is 5.00. The Morgan fingerprint density at radius 1 is 1.83 bits per heavy atom. The number of hydrogen-bond acceptors (Lipinski definition) is 4. The molecule has 1 saturated heterocycles. The van der Waals surface area contributed by atoms with Gasteiger partial charge in [0.05, 0.1) is 12.6 Å². The lowest BCUT2D eigenvalue weighted by molar-refractivity contribution is -0.146. The lowest BCUT2D eigenvalue weighted by Crippen LogP contribution is -2.18. The fraction of sp³-hybridized carbons (Fsp3) is 0.875. The number of carbonyl (C=O) groups excluding carboxylic acids is 1. The molecule has 1 heterocycles. The van der Waals surface area contributed by atoms with Crippen LogP contribution < -0.4 is 0 Å². The molecule has 4 heteroatoms. The van der Waals surface area contributed by atoms with Crippen LogP contribution in [-0.2, 0) is 9.53 Å². The second-order valence-electron chi connectivity index (χ2n) is 3.10. The zero-order chi connectivity index (χ0) is 9.14. The van der Waals surface area contributed by atoms with E-state index in [1.807, 2.05) is 4.90 Å². The molecule has 0 aromatic rings. The van der Waals surface area contributed by atoms with E-state index in [2.05, 4.69) is 0 Å². The van der Waals surface area contributed by atoms with Crippen molar-refractivity contribution in [1.29, 1.82) is 0 Å². The Labute approximate surface area is 72.1 Å². The van der Waals surface area contributed by atoms with Crippen LogP contribution in [0.1, 0.15) is 20.3 Å². The molecule has 1 aliphatic heterocycles. The maximum Gasteiger partial charge on any atom is 0.307 e. The van der Waals surface area contributed by atoms with Gasteiger partial charge in [0.2, 0.25) is 0 Å². The minimum atomic E-state index is -0.352. The summed E-state index contributed by atoms with van der Waals surface area (Å²) in [6.45, 7) is 4.83. The van der Waals surface area contributed by atoms with Crippen LogP contribution in [0.2, 0.25) is 0 Å². The highest BCUT2D eigenvalue weighted by Crippen LogP contribution is 2.18. The van der Waals surface area contributed by atoms with Crippen molar-refractivity contribution in [2.45, 2.75) is 32.6 Å². The second kappa shape index (κ2) is 3.87. The van der Waals surface area contributed by atoms with E-state index in [9.17, 15) is 4.79 Å². The van der Waals surface area contributed by atoms with Crippen LogP contribution in [0, 0.1) is 0 Å². The van der Waals surface area contributed by atoms with Crippen LogP contribution in [-0.4, -0.2) is 41.4 Å². The Morgan fingerprint density at radius 2 is 2.50 bits per heavy atom. The first-order valence-electron chi connectivity index (χ1n) is 4.25. The maximum absolute atomic E-state index is 10.8. The van der Waals surface area contributed by atoms with Crippen LogP contribution in [0.15, 0.2) is 0 Å². The van der Waals surface area contributed by atoms with Crippen LogP contribution in [0.3, 0.4) is 0 Å². The van der Waals surface area contributed by atoms with E-state index >= 15 is 0 Å². The molecule has 3 atom stereocenters. The summed E-state index contributed by atoms with van der Waals surface area (Å²) in [5, 5.41) is 8.99. The van der Waals surface area contributed by atoms with Gasteiger partial charge in [-0.1, -0.05) is 6.92 Å². The highest BCUT2D eigenvalue weighted by Gasteiger charge is 2.37. The lowest BCUT2D eigenvalue weighted by Gasteiger charge is -2.05. The molecule has 0 aromatic carbocycles. The van der Waals surface area contributed by atoms with Gasteiger partial charge in [-0.3, -0.25) is 9.69 Å². The Bertz CT molecular complexity index is 170. The summed E-state index contributed by atoms with van der Waals surface area (Å²) in [7, 11) is 0. The van der Waals surface area contributed by atoms with Gasteiger partial charge < -0.3 is 9.84 Å². The number of nitrogens with zero attached hydrogens (tertiary/aromatic N) is 1. The molecule has 0 spiro atoms. The van der Waals surface area contributed by atoms with E-state index in [1.165, 1.54) is 0 Å². The fourth-order valence-electron chi connectivity index (χ4n) is 1.03. The van der Waals surface area contributed by atoms with Gasteiger partial charge in [-0.05, 0) is 6.92 Å². The summed E-state index contributed by atoms with van der Waals surface area (Å²) in [6, 6.07) is 0. The first-order valence-corrected chi connectivity index (χ1v) is 4.25. The van der Waals surface area contributed by atoms with Crippen LogP contribution >= 0.6 is 0 Å². The predicted octanol–water partition coefficient (Wildman–Crippen LogP) is -0.0379. The number of esters is 1. The second-order valence-corrected chi connectivity index (χ2v) is 3.10. The first-order chi connectivity index (χ1) is 5.63. The first kappa shape index (κ1) is 9.48. The van der Waals surface area contributed by atoms with Gasteiger partial charge in [0.25, 0.3) is 0 Å². The standard InChI is InChI=1S/C8H15NO3/c1-3-8(11)12-7-5-9(7)4-6(2)10/h6-7,10H,3-5H2,1-2H3. The smallest absolute Gasteiger partial charge is 0.307 e. The van der Waals surface area contributed by atoms with Gasteiger partial charge in [-0.2, -0.15) is 0 Å². The van der Waals surface area contributed by atoms with Crippen LogP contribution in [0.5, 0.6) is 0 Å². The molecule has 70 valence electrons. The number of hydrogen-bond donors (Lipinski definition) is 1. The van der Waals surface area contributed by atoms with Gasteiger partial charge >= 0.3 is 5.97 Å². The van der Waals surface area contributed by atoms with Gasteiger partial charge in [0.1, 0.15) is 0 Å². The molecule has 0 saturated carbocycles. The van der Waals surface area contributed by atoms with E-state index in [0.717, 1.165) is 6.54 Å². The fourth-order valence-corrected chi connectivity index (χ4v) is 1.03. The SMILES string of the molecule is CCC(=O)OC1CN1CC(C)O. The number of carbonyl (C=O) groups is 1. The number of rotatable bonds is 4. The van der Waals surface area contributed by atoms with Crippen molar-refractivity contribution in [1.82, 2.24) is 4.90 Å². The van der Waals surface area contributed by atoms with E-state index in [-0.39, 0.29) is 18.3 Å². The molecule has 0 bridgehead atoms. The molecule has 0 amide bonds. The van der Waals surface area contributed by atoms with Crippen molar-refractivity contribution in [3.63, 3.8) is 0 Å².